The Labute approximate surface area is 81.4 Å². The quantitative estimate of drug-likeness (QED) is 0.673. The van der Waals surface area contributed by atoms with E-state index in [4.69, 9.17) is 0 Å². The van der Waals surface area contributed by atoms with Crippen LogP contribution in [0.15, 0.2) is 54.0 Å². The van der Waals surface area contributed by atoms with Gasteiger partial charge in [-0.3, -0.25) is 4.98 Å². The summed E-state index contributed by atoms with van der Waals surface area (Å²) in [7, 11) is 0. The Morgan fingerprint density at radius 3 is 2.64 bits per heavy atom. The predicted octanol–water partition coefficient (Wildman–Crippen LogP) is 3.15. The van der Waals surface area contributed by atoms with E-state index in [0.29, 0.717) is 5.69 Å². The number of hydrogen-bond donors (Lipinski definition) is 0. The molecular formula is C11H8N2O. The van der Waals surface area contributed by atoms with Crippen molar-refractivity contribution < 1.29 is 0 Å². The molecule has 0 amide bonds. The smallest absolute Gasteiger partial charge is 0.115 e. The van der Waals surface area contributed by atoms with Crippen LogP contribution in [0.5, 0.6) is 0 Å². The van der Waals surface area contributed by atoms with Crippen LogP contribution in [0.3, 0.4) is 0 Å². The van der Waals surface area contributed by atoms with Gasteiger partial charge < -0.3 is 0 Å². The van der Waals surface area contributed by atoms with Crippen LogP contribution in [0.4, 0.5) is 5.69 Å². The summed E-state index contributed by atoms with van der Waals surface area (Å²) in [6.07, 6.45) is 3.41. The monoisotopic (exact) mass is 184 g/mol. The first-order valence-electron chi connectivity index (χ1n) is 4.24. The third-order valence-electron chi connectivity index (χ3n) is 1.97. The topological polar surface area (TPSA) is 42.3 Å². The molecule has 0 radical (unpaired) electrons. The van der Waals surface area contributed by atoms with Gasteiger partial charge in [0.05, 0.1) is 0 Å². The third kappa shape index (κ3) is 1.52. The molecule has 0 fully saturated rings. The van der Waals surface area contributed by atoms with E-state index in [1.807, 2.05) is 24.3 Å². The Balaban J connectivity index is 2.57. The second kappa shape index (κ2) is 3.79. The van der Waals surface area contributed by atoms with Gasteiger partial charge in [-0.15, -0.1) is 4.91 Å². The molecule has 2 aromatic rings. The number of pyridine rings is 1. The minimum absolute atomic E-state index is 0.445. The summed E-state index contributed by atoms with van der Waals surface area (Å²) < 4.78 is 0. The van der Waals surface area contributed by atoms with E-state index in [-0.39, 0.29) is 0 Å². The van der Waals surface area contributed by atoms with Crippen molar-refractivity contribution in [3.8, 4) is 11.1 Å². The Morgan fingerprint density at radius 2 is 1.93 bits per heavy atom. The second-order valence-corrected chi connectivity index (χ2v) is 2.85. The maximum absolute atomic E-state index is 10.5. The van der Waals surface area contributed by atoms with Crippen LogP contribution < -0.4 is 0 Å². The number of nitrogens with zero attached hydrogens (tertiary/aromatic N) is 2. The van der Waals surface area contributed by atoms with Gasteiger partial charge in [-0.2, -0.15) is 0 Å². The predicted molar refractivity (Wildman–Crippen MR) is 55.1 cm³/mol. The van der Waals surface area contributed by atoms with Crippen LogP contribution >= 0.6 is 0 Å². The van der Waals surface area contributed by atoms with Crippen LogP contribution in [0.2, 0.25) is 0 Å². The first-order chi connectivity index (χ1) is 6.92. The molecule has 0 saturated heterocycles. The van der Waals surface area contributed by atoms with Crippen LogP contribution in [0.1, 0.15) is 0 Å². The SMILES string of the molecule is O=Nc1ccccc1-c1cccnc1. The molecule has 0 spiro atoms. The second-order valence-electron chi connectivity index (χ2n) is 2.85. The lowest BCUT2D eigenvalue weighted by molar-refractivity contribution is 1.33. The van der Waals surface area contributed by atoms with Crippen molar-refractivity contribution in [3.63, 3.8) is 0 Å². The summed E-state index contributed by atoms with van der Waals surface area (Å²) in [6.45, 7) is 0. The van der Waals surface area contributed by atoms with Crippen molar-refractivity contribution in [2.75, 3.05) is 0 Å². The summed E-state index contributed by atoms with van der Waals surface area (Å²) in [5.74, 6) is 0. The maximum Gasteiger partial charge on any atom is 0.115 e. The van der Waals surface area contributed by atoms with E-state index in [1.165, 1.54) is 0 Å². The molecule has 3 nitrogen and oxygen atoms in total. The van der Waals surface area contributed by atoms with E-state index in [2.05, 4.69) is 10.2 Å². The van der Waals surface area contributed by atoms with Gasteiger partial charge in [0.25, 0.3) is 0 Å². The zero-order valence-corrected chi connectivity index (χ0v) is 7.42. The zero-order chi connectivity index (χ0) is 9.80. The average molecular weight is 184 g/mol. The Morgan fingerprint density at radius 1 is 1.07 bits per heavy atom. The van der Waals surface area contributed by atoms with Crippen LogP contribution in [0.25, 0.3) is 11.1 Å². The van der Waals surface area contributed by atoms with Gasteiger partial charge in [-0.1, -0.05) is 24.3 Å². The summed E-state index contributed by atoms with van der Waals surface area (Å²) >= 11 is 0. The molecule has 0 aliphatic heterocycles. The van der Waals surface area contributed by atoms with E-state index in [9.17, 15) is 4.91 Å². The highest BCUT2D eigenvalue weighted by atomic mass is 16.3. The largest absolute Gasteiger partial charge is 0.264 e. The third-order valence-corrected chi connectivity index (χ3v) is 1.97. The lowest BCUT2D eigenvalue weighted by Crippen LogP contribution is -1.79. The fourth-order valence-corrected chi connectivity index (χ4v) is 1.32. The number of rotatable bonds is 2. The van der Waals surface area contributed by atoms with Crippen molar-refractivity contribution >= 4 is 5.69 Å². The molecule has 0 aliphatic carbocycles. The highest BCUT2D eigenvalue weighted by molar-refractivity contribution is 5.74. The van der Waals surface area contributed by atoms with Crippen molar-refractivity contribution in [1.29, 1.82) is 0 Å². The molecule has 1 aromatic heterocycles. The van der Waals surface area contributed by atoms with Crippen molar-refractivity contribution in [2.45, 2.75) is 0 Å². The lowest BCUT2D eigenvalue weighted by atomic mass is 10.1. The van der Waals surface area contributed by atoms with Gasteiger partial charge in [0.15, 0.2) is 0 Å². The molecule has 1 heterocycles. The van der Waals surface area contributed by atoms with Gasteiger partial charge in [0.2, 0.25) is 0 Å². The Hall–Kier alpha value is -2.03. The van der Waals surface area contributed by atoms with Crippen molar-refractivity contribution in [3.05, 3.63) is 53.7 Å². The molecule has 68 valence electrons. The maximum atomic E-state index is 10.5. The standard InChI is InChI=1S/C11H8N2O/c14-13-11-6-2-1-5-10(11)9-4-3-7-12-8-9/h1-8H. The molecule has 0 bridgehead atoms. The van der Waals surface area contributed by atoms with E-state index in [1.54, 1.807) is 24.5 Å². The molecule has 0 atom stereocenters. The molecule has 0 aliphatic rings. The zero-order valence-electron chi connectivity index (χ0n) is 7.42. The Kier molecular flexibility index (Phi) is 2.32. The fourth-order valence-electron chi connectivity index (χ4n) is 1.32. The fraction of sp³-hybridized carbons (Fsp3) is 0. The molecule has 0 N–H and O–H groups in total. The number of hydrogen-bond acceptors (Lipinski definition) is 3. The van der Waals surface area contributed by atoms with Gasteiger partial charge in [0, 0.05) is 23.5 Å². The van der Waals surface area contributed by atoms with Gasteiger partial charge in [-0.25, -0.2) is 0 Å². The lowest BCUT2D eigenvalue weighted by Gasteiger charge is -2.01. The molecule has 14 heavy (non-hydrogen) atoms. The minimum atomic E-state index is 0.445. The Bertz CT molecular complexity index is 440. The summed E-state index contributed by atoms with van der Waals surface area (Å²) in [5.41, 5.74) is 2.17. The van der Waals surface area contributed by atoms with Crippen LogP contribution in [0, 0.1) is 4.91 Å². The van der Waals surface area contributed by atoms with Gasteiger partial charge >= 0.3 is 0 Å². The van der Waals surface area contributed by atoms with Crippen molar-refractivity contribution in [1.82, 2.24) is 4.98 Å². The molecule has 2 rings (SSSR count). The van der Waals surface area contributed by atoms with E-state index in [0.717, 1.165) is 11.1 Å². The first-order valence-corrected chi connectivity index (χ1v) is 4.24. The van der Waals surface area contributed by atoms with E-state index < -0.39 is 0 Å². The summed E-state index contributed by atoms with van der Waals surface area (Å²) in [6, 6.07) is 10.9. The number of nitroso groups, excluding NO2 is 1. The molecule has 0 unspecified atom stereocenters. The summed E-state index contributed by atoms with van der Waals surface area (Å²) in [4.78, 5) is 14.5. The van der Waals surface area contributed by atoms with E-state index >= 15 is 0 Å². The normalized spacial score (nSPS) is 9.71. The highest BCUT2D eigenvalue weighted by Crippen LogP contribution is 2.28. The molecule has 1 aromatic carbocycles. The van der Waals surface area contributed by atoms with Gasteiger partial charge in [-0.05, 0) is 17.3 Å². The average Bonchev–Trinajstić information content (AvgIpc) is 2.30. The van der Waals surface area contributed by atoms with Crippen LogP contribution in [-0.2, 0) is 0 Å². The first kappa shape index (κ1) is 8.56. The number of benzene rings is 1. The highest BCUT2D eigenvalue weighted by Gasteiger charge is 2.03. The molecule has 3 heteroatoms. The molecular weight excluding hydrogens is 176 g/mol. The summed E-state index contributed by atoms with van der Waals surface area (Å²) in [5, 5.41) is 2.97. The van der Waals surface area contributed by atoms with Crippen molar-refractivity contribution in [2.24, 2.45) is 5.18 Å². The van der Waals surface area contributed by atoms with Crippen LogP contribution in [-0.4, -0.2) is 4.98 Å². The molecule has 0 saturated carbocycles. The number of aromatic nitrogens is 1. The minimum Gasteiger partial charge on any atom is -0.264 e. The van der Waals surface area contributed by atoms with Gasteiger partial charge in [0.1, 0.15) is 5.69 Å².